The van der Waals surface area contributed by atoms with Crippen molar-refractivity contribution in [2.24, 2.45) is 5.41 Å². The van der Waals surface area contributed by atoms with Gasteiger partial charge in [0.15, 0.2) is 0 Å². The quantitative estimate of drug-likeness (QED) is 0.557. The number of rotatable bonds is 0. The Morgan fingerprint density at radius 1 is 1.00 bits per heavy atom. The van der Waals surface area contributed by atoms with Crippen LogP contribution in [0.1, 0.15) is 54.4 Å². The van der Waals surface area contributed by atoms with Crippen LogP contribution in [0.3, 0.4) is 0 Å². The van der Waals surface area contributed by atoms with Crippen LogP contribution in [-0.2, 0) is 0 Å². The molecule has 1 heteroatoms. The van der Waals surface area contributed by atoms with E-state index in [1.165, 1.54) is 19.4 Å². The van der Waals surface area contributed by atoms with Crippen molar-refractivity contribution in [1.82, 2.24) is 4.90 Å². The van der Waals surface area contributed by atoms with Crippen molar-refractivity contribution in [1.29, 1.82) is 0 Å². The number of hydrogen-bond donors (Lipinski definition) is 0. The molecule has 0 aliphatic carbocycles. The van der Waals surface area contributed by atoms with Gasteiger partial charge in [0.1, 0.15) is 0 Å². The summed E-state index contributed by atoms with van der Waals surface area (Å²) >= 11 is 0. The second kappa shape index (κ2) is 3.27. The zero-order chi connectivity index (χ0) is 10.3. The molecule has 0 N–H and O–H groups in total. The Hall–Kier alpha value is -0.0400. The van der Waals surface area contributed by atoms with Crippen LogP contribution in [0.5, 0.6) is 0 Å². The van der Waals surface area contributed by atoms with Crippen LogP contribution in [-0.4, -0.2) is 23.0 Å². The first kappa shape index (κ1) is 11.0. The average molecular weight is 183 g/mol. The lowest BCUT2D eigenvalue weighted by atomic mass is 9.83. The zero-order valence-corrected chi connectivity index (χ0v) is 10.1. The first-order valence-corrected chi connectivity index (χ1v) is 5.49. The molecule has 78 valence electrons. The lowest BCUT2D eigenvalue weighted by molar-refractivity contribution is 0.0582. The molecule has 0 aromatic heterocycles. The summed E-state index contributed by atoms with van der Waals surface area (Å²) < 4.78 is 0. The van der Waals surface area contributed by atoms with Crippen LogP contribution in [0, 0.1) is 5.41 Å². The van der Waals surface area contributed by atoms with Gasteiger partial charge >= 0.3 is 0 Å². The van der Waals surface area contributed by atoms with Crippen molar-refractivity contribution in [3.8, 4) is 0 Å². The lowest BCUT2D eigenvalue weighted by Crippen LogP contribution is -2.49. The number of likely N-dealkylation sites (tertiary alicyclic amines) is 1. The molecule has 1 nitrogen and oxygen atoms in total. The molecule has 0 radical (unpaired) electrons. The van der Waals surface area contributed by atoms with Gasteiger partial charge in [-0.1, -0.05) is 20.8 Å². The Kier molecular flexibility index (Phi) is 2.78. The molecule has 1 fully saturated rings. The zero-order valence-electron chi connectivity index (χ0n) is 10.1. The van der Waals surface area contributed by atoms with Crippen LogP contribution in [0.4, 0.5) is 0 Å². The predicted octanol–water partition coefficient (Wildman–Crippen LogP) is 3.30. The summed E-state index contributed by atoms with van der Waals surface area (Å²) in [6.45, 7) is 15.4. The molecule has 1 aliphatic rings. The predicted molar refractivity (Wildman–Crippen MR) is 58.9 cm³/mol. The summed E-state index contributed by atoms with van der Waals surface area (Å²) in [4.78, 5) is 2.67. The van der Waals surface area contributed by atoms with E-state index >= 15 is 0 Å². The van der Waals surface area contributed by atoms with Crippen LogP contribution in [0.2, 0.25) is 0 Å². The fraction of sp³-hybridized carbons (Fsp3) is 1.00. The fourth-order valence-corrected chi connectivity index (χ4v) is 2.47. The molecule has 0 spiro atoms. The molecule has 0 saturated carbocycles. The van der Waals surface area contributed by atoms with Gasteiger partial charge in [-0.25, -0.2) is 0 Å². The Morgan fingerprint density at radius 2 is 1.54 bits per heavy atom. The minimum absolute atomic E-state index is 0.342. The summed E-state index contributed by atoms with van der Waals surface area (Å²) in [5.41, 5.74) is 0.776. The van der Waals surface area contributed by atoms with E-state index in [-0.39, 0.29) is 0 Å². The van der Waals surface area contributed by atoms with E-state index < -0.39 is 0 Å². The fourth-order valence-electron chi connectivity index (χ4n) is 2.47. The average Bonchev–Trinajstić information content (AvgIpc) is 2.27. The van der Waals surface area contributed by atoms with Crippen molar-refractivity contribution in [2.75, 3.05) is 6.54 Å². The second-order valence-corrected chi connectivity index (χ2v) is 6.39. The minimum atomic E-state index is 0.342. The Bertz CT molecular complexity index is 151. The van der Waals surface area contributed by atoms with Gasteiger partial charge in [-0.2, -0.15) is 0 Å². The summed E-state index contributed by atoms with van der Waals surface area (Å²) in [6, 6.07) is 0.771. The standard InChI is InChI=1S/C12H25N/c1-11(2,3)10-8-7-9-13(10)12(4,5)6/h10H,7-9H2,1-6H3. The van der Waals surface area contributed by atoms with E-state index in [1.54, 1.807) is 0 Å². The minimum Gasteiger partial charge on any atom is -0.295 e. The van der Waals surface area contributed by atoms with Crippen molar-refractivity contribution < 1.29 is 0 Å². The smallest absolute Gasteiger partial charge is 0.0149 e. The highest BCUT2D eigenvalue weighted by Gasteiger charge is 2.38. The molecule has 13 heavy (non-hydrogen) atoms. The third-order valence-electron chi connectivity index (χ3n) is 3.11. The van der Waals surface area contributed by atoms with Crippen LogP contribution >= 0.6 is 0 Å². The molecule has 1 rings (SSSR count). The molecular weight excluding hydrogens is 158 g/mol. The molecule has 1 unspecified atom stereocenters. The van der Waals surface area contributed by atoms with Crippen LogP contribution in [0.25, 0.3) is 0 Å². The molecule has 1 aliphatic heterocycles. The van der Waals surface area contributed by atoms with E-state index in [0.29, 0.717) is 11.0 Å². The Labute approximate surface area is 83.5 Å². The van der Waals surface area contributed by atoms with E-state index in [2.05, 4.69) is 46.4 Å². The monoisotopic (exact) mass is 183 g/mol. The third-order valence-corrected chi connectivity index (χ3v) is 3.11. The summed E-state index contributed by atoms with van der Waals surface area (Å²) in [6.07, 6.45) is 2.75. The van der Waals surface area contributed by atoms with Gasteiger partial charge in [-0.05, 0) is 45.6 Å². The molecule has 1 atom stereocenters. The van der Waals surface area contributed by atoms with Crippen molar-refractivity contribution in [2.45, 2.75) is 66.0 Å². The van der Waals surface area contributed by atoms with Crippen LogP contribution in [0.15, 0.2) is 0 Å². The van der Waals surface area contributed by atoms with E-state index in [1.807, 2.05) is 0 Å². The van der Waals surface area contributed by atoms with Gasteiger partial charge in [-0.15, -0.1) is 0 Å². The van der Waals surface area contributed by atoms with Gasteiger partial charge < -0.3 is 0 Å². The van der Waals surface area contributed by atoms with Gasteiger partial charge in [0, 0.05) is 11.6 Å². The van der Waals surface area contributed by atoms with Crippen molar-refractivity contribution in [3.05, 3.63) is 0 Å². The lowest BCUT2D eigenvalue weighted by Gasteiger charge is -2.43. The molecule has 1 heterocycles. The van der Waals surface area contributed by atoms with Gasteiger partial charge in [-0.3, -0.25) is 4.90 Å². The van der Waals surface area contributed by atoms with E-state index in [9.17, 15) is 0 Å². The SMILES string of the molecule is CC(C)(C)C1CCCN1C(C)(C)C. The number of nitrogens with zero attached hydrogens (tertiary/aromatic N) is 1. The van der Waals surface area contributed by atoms with Gasteiger partial charge in [0.05, 0.1) is 0 Å². The highest BCUT2D eigenvalue weighted by Crippen LogP contribution is 2.36. The van der Waals surface area contributed by atoms with Gasteiger partial charge in [0.25, 0.3) is 0 Å². The van der Waals surface area contributed by atoms with E-state index in [4.69, 9.17) is 0 Å². The molecule has 0 bridgehead atoms. The molecular formula is C12H25N. The highest BCUT2D eigenvalue weighted by atomic mass is 15.2. The molecule has 0 aromatic carbocycles. The summed E-state index contributed by atoms with van der Waals surface area (Å²) in [5.74, 6) is 0. The summed E-state index contributed by atoms with van der Waals surface area (Å²) in [7, 11) is 0. The Morgan fingerprint density at radius 3 is 1.85 bits per heavy atom. The van der Waals surface area contributed by atoms with Crippen LogP contribution < -0.4 is 0 Å². The maximum absolute atomic E-state index is 2.67. The number of hydrogen-bond acceptors (Lipinski definition) is 1. The highest BCUT2D eigenvalue weighted by molar-refractivity contribution is 4.93. The Balaban J connectivity index is 2.76. The first-order valence-electron chi connectivity index (χ1n) is 5.49. The summed E-state index contributed by atoms with van der Waals surface area (Å²) in [5, 5.41) is 0. The first-order chi connectivity index (χ1) is 5.73. The topological polar surface area (TPSA) is 3.24 Å². The third kappa shape index (κ3) is 2.46. The second-order valence-electron chi connectivity index (χ2n) is 6.39. The molecule has 0 amide bonds. The van der Waals surface area contributed by atoms with Crippen molar-refractivity contribution in [3.63, 3.8) is 0 Å². The maximum Gasteiger partial charge on any atom is 0.0149 e. The molecule has 1 saturated heterocycles. The van der Waals surface area contributed by atoms with E-state index in [0.717, 1.165) is 6.04 Å². The van der Waals surface area contributed by atoms with Crippen molar-refractivity contribution >= 4 is 0 Å². The largest absolute Gasteiger partial charge is 0.295 e. The maximum atomic E-state index is 2.67. The molecule has 0 aromatic rings. The normalized spacial score (nSPS) is 26.8. The van der Waals surface area contributed by atoms with Gasteiger partial charge in [0.2, 0.25) is 0 Å².